The van der Waals surface area contributed by atoms with Crippen LogP contribution in [-0.4, -0.2) is 37.8 Å². The van der Waals surface area contributed by atoms with Crippen molar-refractivity contribution in [3.8, 4) is 11.4 Å². The summed E-state index contributed by atoms with van der Waals surface area (Å²) in [6, 6.07) is 12.1. The monoisotopic (exact) mass is 419 g/mol. The van der Waals surface area contributed by atoms with Crippen LogP contribution < -0.4 is 4.90 Å². The molecule has 0 radical (unpaired) electrons. The van der Waals surface area contributed by atoms with Crippen molar-refractivity contribution in [2.75, 3.05) is 11.9 Å². The van der Waals surface area contributed by atoms with Gasteiger partial charge in [-0.25, -0.2) is 0 Å². The molecule has 3 heterocycles. The molecule has 1 unspecified atom stereocenters. The number of allylic oxidation sites excluding steroid dienone is 2. The maximum atomic E-state index is 13.1. The van der Waals surface area contributed by atoms with Crippen molar-refractivity contribution < 1.29 is 4.79 Å². The highest BCUT2D eigenvalue weighted by Crippen LogP contribution is 2.46. The molecule has 0 amide bonds. The van der Waals surface area contributed by atoms with E-state index >= 15 is 0 Å². The molecule has 0 saturated carbocycles. The number of rotatable bonds is 5. The first kappa shape index (κ1) is 20.3. The summed E-state index contributed by atoms with van der Waals surface area (Å²) in [5, 5.41) is 9.02. The fraction of sp³-hybridized carbons (Fsp3) is 0.304. The maximum absolute atomic E-state index is 13.1. The first-order valence-corrected chi connectivity index (χ1v) is 10.7. The molecule has 4 rings (SSSR count). The Labute approximate surface area is 181 Å². The number of ketones is 1. The van der Waals surface area contributed by atoms with Crippen LogP contribution >= 0.6 is 11.8 Å². The molecule has 0 saturated heterocycles. The third kappa shape index (κ3) is 3.43. The molecule has 1 aliphatic rings. The van der Waals surface area contributed by atoms with Crippen molar-refractivity contribution in [2.24, 2.45) is 7.05 Å². The van der Waals surface area contributed by atoms with Gasteiger partial charge in [-0.3, -0.25) is 9.78 Å². The number of para-hydroxylation sites is 1. The molecule has 0 spiro atoms. The number of pyridine rings is 1. The van der Waals surface area contributed by atoms with Gasteiger partial charge in [-0.2, -0.15) is 0 Å². The van der Waals surface area contributed by atoms with Crippen LogP contribution in [0.2, 0.25) is 0 Å². The zero-order valence-corrected chi connectivity index (χ0v) is 18.6. The van der Waals surface area contributed by atoms with E-state index in [2.05, 4.69) is 46.1 Å². The van der Waals surface area contributed by atoms with E-state index in [4.69, 9.17) is 0 Å². The van der Waals surface area contributed by atoms with Gasteiger partial charge in [0.25, 0.3) is 0 Å². The van der Waals surface area contributed by atoms with Crippen LogP contribution in [0.4, 0.5) is 5.69 Å². The predicted molar refractivity (Wildman–Crippen MR) is 121 cm³/mol. The van der Waals surface area contributed by atoms with Gasteiger partial charge < -0.3 is 9.47 Å². The summed E-state index contributed by atoms with van der Waals surface area (Å²) in [4.78, 5) is 19.2. The van der Waals surface area contributed by atoms with Gasteiger partial charge in [-0.1, -0.05) is 43.8 Å². The molecule has 30 heavy (non-hydrogen) atoms. The Morgan fingerprint density at radius 3 is 2.50 bits per heavy atom. The lowest BCUT2D eigenvalue weighted by Crippen LogP contribution is -2.25. The van der Waals surface area contributed by atoms with Gasteiger partial charge in [0.2, 0.25) is 0 Å². The van der Waals surface area contributed by atoms with Gasteiger partial charge in [0, 0.05) is 54.9 Å². The summed E-state index contributed by atoms with van der Waals surface area (Å²) in [5.41, 5.74) is 4.13. The number of anilines is 1. The summed E-state index contributed by atoms with van der Waals surface area (Å²) in [6.45, 7) is 6.24. The number of carbonyl (C=O) groups is 1. The number of fused-ring (bicyclic) bond motifs is 1. The van der Waals surface area contributed by atoms with Crippen molar-refractivity contribution in [1.82, 2.24) is 19.7 Å². The lowest BCUT2D eigenvalue weighted by molar-refractivity contribution is -0.114. The van der Waals surface area contributed by atoms with E-state index in [9.17, 15) is 4.79 Å². The molecule has 154 valence electrons. The van der Waals surface area contributed by atoms with E-state index in [0.29, 0.717) is 5.16 Å². The molecule has 7 heteroatoms. The standard InChI is InChI=1S/C23H25N5OS/c1-15(30-22-26-25-21(28(22)5)16-10-12-24-13-11-16)19(29)14-20-23(2,3)17-8-6-7-9-18(17)27(20)4/h6-15H,1-5H3/b20-14-. The van der Waals surface area contributed by atoms with Crippen LogP contribution in [0, 0.1) is 0 Å². The Hall–Kier alpha value is -2.93. The number of likely N-dealkylation sites (N-methyl/N-ethyl adjacent to an activating group) is 1. The lowest BCUT2D eigenvalue weighted by atomic mass is 9.83. The number of benzene rings is 1. The van der Waals surface area contributed by atoms with E-state index < -0.39 is 0 Å². The van der Waals surface area contributed by atoms with Crippen LogP contribution in [0.25, 0.3) is 11.4 Å². The van der Waals surface area contributed by atoms with E-state index in [1.54, 1.807) is 18.5 Å². The molecule has 0 fully saturated rings. The maximum Gasteiger partial charge on any atom is 0.191 e. The lowest BCUT2D eigenvalue weighted by Gasteiger charge is -2.24. The Kier molecular flexibility index (Phi) is 5.24. The van der Waals surface area contributed by atoms with E-state index in [1.807, 2.05) is 49.9 Å². The van der Waals surface area contributed by atoms with Gasteiger partial charge in [0.15, 0.2) is 16.8 Å². The summed E-state index contributed by atoms with van der Waals surface area (Å²) < 4.78 is 1.92. The number of aromatic nitrogens is 4. The molecule has 3 aromatic rings. The Morgan fingerprint density at radius 2 is 1.80 bits per heavy atom. The topological polar surface area (TPSA) is 63.9 Å². The first-order valence-electron chi connectivity index (χ1n) is 9.86. The van der Waals surface area contributed by atoms with E-state index in [-0.39, 0.29) is 16.4 Å². The van der Waals surface area contributed by atoms with Crippen LogP contribution in [0.3, 0.4) is 0 Å². The number of nitrogens with zero attached hydrogens (tertiary/aromatic N) is 5. The predicted octanol–water partition coefficient (Wildman–Crippen LogP) is 4.24. The zero-order chi connectivity index (χ0) is 21.5. The highest BCUT2D eigenvalue weighted by molar-refractivity contribution is 8.00. The second-order valence-corrected chi connectivity index (χ2v) is 9.30. The second kappa shape index (κ2) is 7.72. The Bertz CT molecular complexity index is 1120. The van der Waals surface area contributed by atoms with Crippen LogP contribution in [0.5, 0.6) is 0 Å². The minimum Gasteiger partial charge on any atom is -0.347 e. The number of carbonyl (C=O) groups excluding carboxylic acids is 1. The fourth-order valence-corrected chi connectivity index (χ4v) is 4.73. The first-order chi connectivity index (χ1) is 14.3. The van der Waals surface area contributed by atoms with Gasteiger partial charge in [0.1, 0.15) is 0 Å². The quantitative estimate of drug-likeness (QED) is 0.455. The van der Waals surface area contributed by atoms with E-state index in [0.717, 1.165) is 22.8 Å². The van der Waals surface area contributed by atoms with Crippen LogP contribution in [0.15, 0.2) is 65.7 Å². The number of thioether (sulfide) groups is 1. The molecule has 0 aliphatic carbocycles. The fourth-order valence-electron chi connectivity index (χ4n) is 3.90. The SMILES string of the molecule is CC(Sc1nnc(-c2ccncc2)n1C)C(=O)/C=C1\N(C)c2ccccc2C1(C)C. The Morgan fingerprint density at radius 1 is 1.10 bits per heavy atom. The van der Waals surface area contributed by atoms with Gasteiger partial charge in [-0.05, 0) is 30.7 Å². The van der Waals surface area contributed by atoms with Crippen molar-refractivity contribution in [1.29, 1.82) is 0 Å². The average Bonchev–Trinajstić information content (AvgIpc) is 3.19. The molecule has 1 aliphatic heterocycles. The summed E-state index contributed by atoms with van der Waals surface area (Å²) in [7, 11) is 3.94. The third-order valence-corrected chi connectivity index (χ3v) is 6.83. The van der Waals surface area contributed by atoms with Gasteiger partial charge >= 0.3 is 0 Å². The van der Waals surface area contributed by atoms with Crippen molar-refractivity contribution in [2.45, 2.75) is 36.6 Å². The second-order valence-electron chi connectivity index (χ2n) is 7.99. The smallest absolute Gasteiger partial charge is 0.191 e. The summed E-state index contributed by atoms with van der Waals surface area (Å²) >= 11 is 1.42. The van der Waals surface area contributed by atoms with Crippen molar-refractivity contribution in [3.05, 3.63) is 66.1 Å². The highest BCUT2D eigenvalue weighted by atomic mass is 32.2. The number of hydrogen-bond acceptors (Lipinski definition) is 6. The molecule has 1 atom stereocenters. The van der Waals surface area contributed by atoms with Crippen LogP contribution in [-0.2, 0) is 17.3 Å². The molecule has 1 aromatic carbocycles. The largest absolute Gasteiger partial charge is 0.347 e. The minimum atomic E-state index is -0.279. The molecule has 0 N–H and O–H groups in total. The average molecular weight is 420 g/mol. The van der Waals surface area contributed by atoms with Gasteiger partial charge in [-0.15, -0.1) is 10.2 Å². The Balaban J connectivity index is 1.55. The van der Waals surface area contributed by atoms with Crippen molar-refractivity contribution in [3.63, 3.8) is 0 Å². The molecular formula is C23H25N5OS. The molecule has 6 nitrogen and oxygen atoms in total. The summed E-state index contributed by atoms with van der Waals surface area (Å²) in [6.07, 6.45) is 5.25. The summed E-state index contributed by atoms with van der Waals surface area (Å²) in [5.74, 6) is 0.821. The molecule has 0 bridgehead atoms. The van der Waals surface area contributed by atoms with E-state index in [1.165, 1.54) is 17.3 Å². The zero-order valence-electron chi connectivity index (χ0n) is 17.8. The molecule has 2 aromatic heterocycles. The normalized spacial score (nSPS) is 17.2. The number of hydrogen-bond donors (Lipinski definition) is 0. The van der Waals surface area contributed by atoms with Gasteiger partial charge in [0.05, 0.1) is 5.25 Å². The van der Waals surface area contributed by atoms with Crippen molar-refractivity contribution >= 4 is 23.2 Å². The highest BCUT2D eigenvalue weighted by Gasteiger charge is 2.38. The third-order valence-electron chi connectivity index (χ3n) is 5.68. The van der Waals surface area contributed by atoms with Crippen LogP contribution in [0.1, 0.15) is 26.3 Å². The minimum absolute atomic E-state index is 0.0659. The molecular weight excluding hydrogens is 394 g/mol.